The third-order valence-electron chi connectivity index (χ3n) is 3.53. The Hall–Kier alpha value is -3.08. The molecule has 0 fully saturated rings. The van der Waals surface area contributed by atoms with Crippen LogP contribution in [0.1, 0.15) is 11.3 Å². The summed E-state index contributed by atoms with van der Waals surface area (Å²) < 4.78 is 0. The van der Waals surface area contributed by atoms with E-state index in [0.717, 1.165) is 27.9 Å². The zero-order chi connectivity index (χ0) is 14.2. The number of fused-ring (bicyclic) bond motifs is 1. The zero-order valence-electron chi connectivity index (χ0n) is 11.1. The molecule has 3 heterocycles. The van der Waals surface area contributed by atoms with Crippen LogP contribution in [0.25, 0.3) is 11.6 Å². The van der Waals surface area contributed by atoms with E-state index in [1.165, 1.54) is 0 Å². The lowest BCUT2D eigenvalue weighted by molar-refractivity contribution is 1.03. The molecule has 3 N–H and O–H groups in total. The molecule has 5 nitrogen and oxygen atoms in total. The van der Waals surface area contributed by atoms with Gasteiger partial charge in [0.25, 0.3) is 5.56 Å². The number of hydrogen-bond donors (Lipinski definition) is 3. The van der Waals surface area contributed by atoms with Crippen molar-refractivity contribution in [3.05, 3.63) is 74.8 Å². The van der Waals surface area contributed by atoms with E-state index >= 15 is 0 Å². The molecule has 0 radical (unpaired) electrons. The van der Waals surface area contributed by atoms with Crippen molar-refractivity contribution in [3.8, 4) is 0 Å². The predicted octanol–water partition coefficient (Wildman–Crippen LogP) is 0.775. The van der Waals surface area contributed by atoms with Gasteiger partial charge in [-0.25, -0.2) is 0 Å². The first-order valence-corrected chi connectivity index (χ1v) is 6.62. The Bertz CT molecular complexity index is 1000. The van der Waals surface area contributed by atoms with Gasteiger partial charge in [-0.3, -0.25) is 20.0 Å². The summed E-state index contributed by atoms with van der Waals surface area (Å²) in [5.74, 6) is 0. The van der Waals surface area contributed by atoms with Gasteiger partial charge in [-0.05, 0) is 24.3 Å². The number of rotatable bonds is 1. The molecule has 2 aromatic heterocycles. The summed E-state index contributed by atoms with van der Waals surface area (Å²) in [6, 6.07) is 11.7. The number of aromatic amines is 3. The molecular formula is C16H12N4O. The second-order valence-corrected chi connectivity index (χ2v) is 4.83. The van der Waals surface area contributed by atoms with Gasteiger partial charge < -0.3 is 4.98 Å². The van der Waals surface area contributed by atoms with Crippen LogP contribution in [0.15, 0.2) is 52.4 Å². The van der Waals surface area contributed by atoms with Crippen LogP contribution < -0.4 is 16.1 Å². The normalized spacial score (nSPS) is 16.5. The Morgan fingerprint density at radius 2 is 1.95 bits per heavy atom. The molecular weight excluding hydrogens is 264 g/mol. The minimum Gasteiger partial charge on any atom is -0.362 e. The fourth-order valence-electron chi connectivity index (χ4n) is 2.52. The van der Waals surface area contributed by atoms with Gasteiger partial charge in [0.1, 0.15) is 0 Å². The van der Waals surface area contributed by atoms with Crippen molar-refractivity contribution in [1.82, 2.24) is 15.2 Å². The number of aliphatic imine (C=N–C) groups is 1. The van der Waals surface area contributed by atoms with Crippen LogP contribution in [-0.4, -0.2) is 21.4 Å². The molecule has 0 bridgehead atoms. The monoisotopic (exact) mass is 276 g/mol. The molecule has 102 valence electrons. The predicted molar refractivity (Wildman–Crippen MR) is 82.1 cm³/mol. The lowest BCUT2D eigenvalue weighted by Crippen LogP contribution is -2.35. The van der Waals surface area contributed by atoms with Crippen LogP contribution in [0.5, 0.6) is 0 Å². The quantitative estimate of drug-likeness (QED) is 0.603. The fourth-order valence-corrected chi connectivity index (χ4v) is 2.52. The second kappa shape index (κ2) is 4.49. The van der Waals surface area contributed by atoms with Crippen LogP contribution in [0.3, 0.4) is 0 Å². The van der Waals surface area contributed by atoms with Crippen molar-refractivity contribution in [2.75, 3.05) is 0 Å². The first-order chi connectivity index (χ1) is 10.3. The molecule has 1 aliphatic rings. The molecule has 0 atom stereocenters. The third kappa shape index (κ3) is 1.87. The van der Waals surface area contributed by atoms with E-state index in [4.69, 9.17) is 0 Å². The molecule has 0 unspecified atom stereocenters. The van der Waals surface area contributed by atoms with Gasteiger partial charge in [0.05, 0.1) is 16.3 Å². The van der Waals surface area contributed by atoms with Crippen molar-refractivity contribution >= 4 is 23.6 Å². The van der Waals surface area contributed by atoms with Crippen molar-refractivity contribution in [2.45, 2.75) is 0 Å². The minimum absolute atomic E-state index is 0.148. The van der Waals surface area contributed by atoms with E-state index in [0.29, 0.717) is 5.22 Å². The van der Waals surface area contributed by atoms with E-state index in [1.54, 1.807) is 6.21 Å². The summed E-state index contributed by atoms with van der Waals surface area (Å²) in [5.41, 5.74) is 3.59. The number of nitrogens with zero attached hydrogens (tertiary/aromatic N) is 1. The van der Waals surface area contributed by atoms with Crippen molar-refractivity contribution in [2.24, 2.45) is 4.99 Å². The average molecular weight is 276 g/mol. The average Bonchev–Trinajstić information content (AvgIpc) is 3.21. The molecule has 1 aliphatic heterocycles. The van der Waals surface area contributed by atoms with Crippen molar-refractivity contribution in [3.63, 3.8) is 0 Å². The Kier molecular flexibility index (Phi) is 2.50. The lowest BCUT2D eigenvalue weighted by Gasteiger charge is -1.96. The summed E-state index contributed by atoms with van der Waals surface area (Å²) in [6.07, 6.45) is 5.44. The third-order valence-corrected chi connectivity index (χ3v) is 3.53. The summed E-state index contributed by atoms with van der Waals surface area (Å²) >= 11 is 0. The molecule has 4 rings (SSSR count). The molecule has 0 amide bonds. The Labute approximate surface area is 119 Å². The molecule has 0 saturated carbocycles. The van der Waals surface area contributed by atoms with Gasteiger partial charge in [0, 0.05) is 29.2 Å². The van der Waals surface area contributed by atoms with E-state index in [1.807, 2.05) is 48.7 Å². The molecule has 1 aromatic carbocycles. The van der Waals surface area contributed by atoms with Crippen LogP contribution in [0, 0.1) is 0 Å². The van der Waals surface area contributed by atoms with Gasteiger partial charge in [-0.1, -0.05) is 18.2 Å². The van der Waals surface area contributed by atoms with E-state index in [9.17, 15) is 4.79 Å². The number of H-pyrrole nitrogens is 3. The maximum absolute atomic E-state index is 12.0. The first-order valence-electron chi connectivity index (χ1n) is 6.62. The van der Waals surface area contributed by atoms with Crippen molar-refractivity contribution < 1.29 is 0 Å². The standard InChI is InChI=1S/C16H12N4O/c21-16-12(8-10-4-3-7-17-10)15(19-20-16)13-9-18-14-6-2-1-5-11(13)14/h1-9,17,19H,(H,20,21). The van der Waals surface area contributed by atoms with Gasteiger partial charge >= 0.3 is 0 Å². The first kappa shape index (κ1) is 11.7. The molecule has 0 saturated heterocycles. The van der Waals surface area contributed by atoms with E-state index in [2.05, 4.69) is 20.2 Å². The molecule has 5 heteroatoms. The zero-order valence-corrected chi connectivity index (χ0v) is 11.1. The van der Waals surface area contributed by atoms with E-state index < -0.39 is 0 Å². The maximum atomic E-state index is 12.0. The summed E-state index contributed by atoms with van der Waals surface area (Å²) in [7, 11) is 0. The van der Waals surface area contributed by atoms with Crippen LogP contribution in [0.2, 0.25) is 0 Å². The Morgan fingerprint density at radius 3 is 2.81 bits per heavy atom. The van der Waals surface area contributed by atoms with Gasteiger partial charge in [0.15, 0.2) is 0 Å². The number of nitrogens with one attached hydrogen (secondary N) is 3. The van der Waals surface area contributed by atoms with Crippen LogP contribution in [-0.2, 0) is 0 Å². The highest BCUT2D eigenvalue weighted by atomic mass is 16.1. The Balaban J connectivity index is 2.07. The number of para-hydroxylation sites is 1. The largest absolute Gasteiger partial charge is 0.362 e. The second-order valence-electron chi connectivity index (χ2n) is 4.83. The summed E-state index contributed by atoms with van der Waals surface area (Å²) in [5, 5.41) is 6.95. The number of aromatic nitrogens is 3. The highest BCUT2D eigenvalue weighted by Crippen LogP contribution is 2.28. The number of hydrogen-bond acceptors (Lipinski definition) is 2. The fraction of sp³-hybridized carbons (Fsp3) is 0. The summed E-state index contributed by atoms with van der Waals surface area (Å²) in [4.78, 5) is 19.5. The van der Waals surface area contributed by atoms with Gasteiger partial charge in [-0.2, -0.15) is 0 Å². The lowest BCUT2D eigenvalue weighted by atomic mass is 10.1. The highest BCUT2D eigenvalue weighted by Gasteiger charge is 2.13. The highest BCUT2D eigenvalue weighted by molar-refractivity contribution is 6.15. The Morgan fingerprint density at radius 1 is 1.05 bits per heavy atom. The van der Waals surface area contributed by atoms with Crippen LogP contribution >= 0.6 is 0 Å². The SMILES string of the molecule is O=c1[nH][nH]c(=C2C=Nc3ccccc32)c1=Cc1ccc[nH]1. The van der Waals surface area contributed by atoms with E-state index in [-0.39, 0.29) is 5.56 Å². The number of benzene rings is 1. The van der Waals surface area contributed by atoms with Gasteiger partial charge in [-0.15, -0.1) is 0 Å². The maximum Gasteiger partial charge on any atom is 0.271 e. The smallest absolute Gasteiger partial charge is 0.271 e. The minimum atomic E-state index is -0.148. The molecule has 3 aromatic rings. The van der Waals surface area contributed by atoms with Crippen LogP contribution in [0.4, 0.5) is 5.69 Å². The molecule has 0 aliphatic carbocycles. The topological polar surface area (TPSA) is 76.8 Å². The molecule has 21 heavy (non-hydrogen) atoms. The van der Waals surface area contributed by atoms with Crippen molar-refractivity contribution in [1.29, 1.82) is 0 Å². The van der Waals surface area contributed by atoms with Gasteiger partial charge in [0.2, 0.25) is 0 Å². The molecule has 0 spiro atoms. The summed E-state index contributed by atoms with van der Waals surface area (Å²) in [6.45, 7) is 0.